The Hall–Kier alpha value is -1.91. The van der Waals surface area contributed by atoms with Crippen LogP contribution in [0.5, 0.6) is 0 Å². The first kappa shape index (κ1) is 9.33. The van der Waals surface area contributed by atoms with Gasteiger partial charge in [0, 0.05) is 0 Å². The van der Waals surface area contributed by atoms with Crippen molar-refractivity contribution in [2.45, 2.75) is 25.3 Å². The summed E-state index contributed by atoms with van der Waals surface area (Å²) < 4.78 is 1.72. The molecule has 3 rings (SSSR count). The molecule has 0 fully saturated rings. The number of hydrogen-bond acceptors (Lipinski definition) is 4. The summed E-state index contributed by atoms with van der Waals surface area (Å²) in [6.45, 7) is 0. The highest BCUT2D eigenvalue weighted by Crippen LogP contribution is 2.32. The first-order valence-electron chi connectivity index (χ1n) is 5.47. The molecule has 0 radical (unpaired) electrons. The van der Waals surface area contributed by atoms with Gasteiger partial charge in [-0.2, -0.15) is 0 Å². The summed E-state index contributed by atoms with van der Waals surface area (Å²) in [7, 11) is 0. The highest BCUT2D eigenvalue weighted by molar-refractivity contribution is 5.33. The molecule has 0 saturated heterocycles. The maximum absolute atomic E-state index is 5.76. The van der Waals surface area contributed by atoms with Gasteiger partial charge in [0.1, 0.15) is 0 Å². The number of benzene rings is 1. The summed E-state index contributed by atoms with van der Waals surface area (Å²) in [5.74, 6) is 0.390. The average molecular weight is 215 g/mol. The van der Waals surface area contributed by atoms with E-state index in [1.807, 2.05) is 0 Å². The van der Waals surface area contributed by atoms with Crippen LogP contribution in [0, 0.1) is 0 Å². The molecule has 1 aliphatic carbocycles. The molecule has 0 bridgehead atoms. The van der Waals surface area contributed by atoms with Crippen molar-refractivity contribution in [2.75, 3.05) is 5.73 Å². The highest BCUT2D eigenvalue weighted by Gasteiger charge is 2.23. The Morgan fingerprint density at radius 3 is 3.00 bits per heavy atom. The smallest absolute Gasteiger partial charge is 0.240 e. The van der Waals surface area contributed by atoms with Crippen molar-refractivity contribution in [3.05, 3.63) is 35.4 Å². The number of aromatic nitrogens is 4. The summed E-state index contributed by atoms with van der Waals surface area (Å²) in [6.07, 6.45) is 3.34. The summed E-state index contributed by atoms with van der Waals surface area (Å²) in [5.41, 5.74) is 8.44. The zero-order valence-electron chi connectivity index (χ0n) is 8.87. The third-order valence-electron chi connectivity index (χ3n) is 3.15. The molecule has 1 aromatic carbocycles. The van der Waals surface area contributed by atoms with E-state index in [2.05, 4.69) is 39.8 Å². The number of nitrogens with two attached hydrogens (primary N) is 1. The van der Waals surface area contributed by atoms with E-state index < -0.39 is 0 Å². The zero-order valence-corrected chi connectivity index (χ0v) is 8.87. The van der Waals surface area contributed by atoms with Gasteiger partial charge in [-0.1, -0.05) is 29.4 Å². The summed E-state index contributed by atoms with van der Waals surface area (Å²) >= 11 is 0. The van der Waals surface area contributed by atoms with Crippen LogP contribution in [-0.2, 0) is 6.42 Å². The van der Waals surface area contributed by atoms with E-state index >= 15 is 0 Å². The normalized spacial score (nSPS) is 19.4. The molecule has 5 heteroatoms. The van der Waals surface area contributed by atoms with Crippen LogP contribution in [0.15, 0.2) is 24.3 Å². The lowest BCUT2D eigenvalue weighted by molar-refractivity contribution is 0.445. The van der Waals surface area contributed by atoms with E-state index in [0.29, 0.717) is 5.95 Å². The quantitative estimate of drug-likeness (QED) is 0.775. The summed E-state index contributed by atoms with van der Waals surface area (Å²) in [4.78, 5) is 0. The Labute approximate surface area is 93.3 Å². The van der Waals surface area contributed by atoms with Gasteiger partial charge in [0.2, 0.25) is 5.95 Å². The fourth-order valence-electron chi connectivity index (χ4n) is 2.40. The molecular weight excluding hydrogens is 202 g/mol. The van der Waals surface area contributed by atoms with Crippen LogP contribution < -0.4 is 5.73 Å². The Kier molecular flexibility index (Phi) is 2.09. The molecule has 0 saturated carbocycles. The van der Waals surface area contributed by atoms with E-state index in [4.69, 9.17) is 5.73 Å². The lowest BCUT2D eigenvalue weighted by atomic mass is 9.88. The van der Waals surface area contributed by atoms with Gasteiger partial charge in [0.05, 0.1) is 6.04 Å². The molecule has 2 aromatic rings. The largest absolute Gasteiger partial charge is 0.367 e. The third-order valence-corrected chi connectivity index (χ3v) is 3.15. The van der Waals surface area contributed by atoms with Gasteiger partial charge in [0.25, 0.3) is 0 Å². The van der Waals surface area contributed by atoms with Gasteiger partial charge >= 0.3 is 0 Å². The van der Waals surface area contributed by atoms with Crippen molar-refractivity contribution in [1.82, 2.24) is 20.2 Å². The number of aryl methyl sites for hydroxylation is 1. The molecule has 1 aliphatic rings. The number of tetrazole rings is 1. The maximum Gasteiger partial charge on any atom is 0.240 e. The molecule has 1 unspecified atom stereocenters. The van der Waals surface area contributed by atoms with Crippen LogP contribution in [0.25, 0.3) is 0 Å². The highest BCUT2D eigenvalue weighted by atomic mass is 15.6. The molecule has 1 atom stereocenters. The number of nitrogens with zero attached hydrogens (tertiary/aromatic N) is 4. The topological polar surface area (TPSA) is 69.6 Å². The molecule has 0 spiro atoms. The molecular formula is C11H13N5. The van der Waals surface area contributed by atoms with E-state index in [9.17, 15) is 0 Å². The third kappa shape index (κ3) is 1.36. The first-order valence-corrected chi connectivity index (χ1v) is 5.47. The minimum absolute atomic E-state index is 0.194. The van der Waals surface area contributed by atoms with Crippen molar-refractivity contribution in [1.29, 1.82) is 0 Å². The second kappa shape index (κ2) is 3.59. The van der Waals surface area contributed by atoms with Crippen LogP contribution in [0.2, 0.25) is 0 Å². The molecule has 2 N–H and O–H groups in total. The fourth-order valence-corrected chi connectivity index (χ4v) is 2.40. The van der Waals surface area contributed by atoms with Crippen LogP contribution in [0.3, 0.4) is 0 Å². The lowest BCUT2D eigenvalue weighted by Gasteiger charge is -2.25. The molecule has 1 heterocycles. The zero-order chi connectivity index (χ0) is 11.0. The van der Waals surface area contributed by atoms with E-state index in [-0.39, 0.29) is 6.04 Å². The predicted octanol–water partition coefficient (Wildman–Crippen LogP) is 1.18. The molecule has 1 aromatic heterocycles. The predicted molar refractivity (Wildman–Crippen MR) is 59.7 cm³/mol. The number of rotatable bonds is 1. The van der Waals surface area contributed by atoms with Crippen LogP contribution in [0.4, 0.5) is 5.95 Å². The minimum atomic E-state index is 0.194. The van der Waals surface area contributed by atoms with Crippen LogP contribution in [0.1, 0.15) is 30.0 Å². The van der Waals surface area contributed by atoms with Crippen molar-refractivity contribution < 1.29 is 0 Å². The van der Waals surface area contributed by atoms with Crippen molar-refractivity contribution in [3.8, 4) is 0 Å². The van der Waals surface area contributed by atoms with E-state index in [1.54, 1.807) is 4.68 Å². The van der Waals surface area contributed by atoms with Gasteiger partial charge < -0.3 is 5.73 Å². The van der Waals surface area contributed by atoms with Crippen molar-refractivity contribution >= 4 is 5.95 Å². The summed E-state index contributed by atoms with van der Waals surface area (Å²) in [6, 6.07) is 8.63. The van der Waals surface area contributed by atoms with E-state index in [1.165, 1.54) is 11.1 Å². The van der Waals surface area contributed by atoms with Gasteiger partial charge in [0.15, 0.2) is 0 Å². The Bertz CT molecular complexity index is 505. The lowest BCUT2D eigenvalue weighted by Crippen LogP contribution is -2.20. The van der Waals surface area contributed by atoms with Gasteiger partial charge in [-0.05, 0) is 40.8 Å². The molecule has 82 valence electrons. The Morgan fingerprint density at radius 1 is 1.31 bits per heavy atom. The van der Waals surface area contributed by atoms with Gasteiger partial charge in [-0.3, -0.25) is 0 Å². The number of fused-ring (bicyclic) bond motifs is 1. The average Bonchev–Trinajstić information content (AvgIpc) is 2.75. The van der Waals surface area contributed by atoms with Crippen LogP contribution in [-0.4, -0.2) is 20.2 Å². The summed E-state index contributed by atoms with van der Waals surface area (Å²) in [5, 5.41) is 11.3. The Morgan fingerprint density at radius 2 is 2.19 bits per heavy atom. The second-order valence-electron chi connectivity index (χ2n) is 4.09. The standard InChI is InChI=1S/C11H13N5/c12-11-13-14-15-16(11)10-7-3-5-8-4-1-2-6-9(8)10/h1-2,4,6,10H,3,5,7H2,(H2,12,13,15). The van der Waals surface area contributed by atoms with E-state index in [0.717, 1.165) is 19.3 Å². The van der Waals surface area contributed by atoms with Crippen molar-refractivity contribution in [3.63, 3.8) is 0 Å². The van der Waals surface area contributed by atoms with Crippen LogP contribution >= 0.6 is 0 Å². The first-order chi connectivity index (χ1) is 7.86. The molecule has 0 amide bonds. The van der Waals surface area contributed by atoms with Crippen molar-refractivity contribution in [2.24, 2.45) is 0 Å². The van der Waals surface area contributed by atoms with Gasteiger partial charge in [-0.25, -0.2) is 4.68 Å². The fraction of sp³-hybridized carbons (Fsp3) is 0.364. The van der Waals surface area contributed by atoms with Gasteiger partial charge in [-0.15, -0.1) is 0 Å². The monoisotopic (exact) mass is 215 g/mol. The second-order valence-corrected chi connectivity index (χ2v) is 4.09. The molecule has 16 heavy (non-hydrogen) atoms. The maximum atomic E-state index is 5.76. The number of anilines is 1. The molecule has 5 nitrogen and oxygen atoms in total. The Balaban J connectivity index is 2.08. The number of hydrogen-bond donors (Lipinski definition) is 1. The number of nitrogen functional groups attached to an aromatic ring is 1. The molecule has 0 aliphatic heterocycles. The SMILES string of the molecule is Nc1nnnn1C1CCCc2ccccc21. The minimum Gasteiger partial charge on any atom is -0.367 e.